The van der Waals surface area contributed by atoms with Crippen LogP contribution in [0, 0.1) is 25.2 Å². The van der Waals surface area contributed by atoms with E-state index in [2.05, 4.69) is 53.1 Å². The van der Waals surface area contributed by atoms with Crippen LogP contribution in [0.2, 0.25) is 0 Å². The summed E-state index contributed by atoms with van der Waals surface area (Å²) in [6, 6.07) is 10.8. The summed E-state index contributed by atoms with van der Waals surface area (Å²) >= 11 is 1.68. The highest BCUT2D eigenvalue weighted by molar-refractivity contribution is 7.19. The SMILES string of the molecule is Cc1cnn(Cc2cc3ncc(C)c(-c4cc(C#N)cc5c4N([C@@H]4CN(C)C6(CCC6)C4)CCC5)c3s2)c(=O)c1. The van der Waals surface area contributed by atoms with Gasteiger partial charge in [-0.25, -0.2) is 4.68 Å². The first-order valence-corrected chi connectivity index (χ1v) is 15.1. The van der Waals surface area contributed by atoms with Crippen LogP contribution < -0.4 is 10.5 Å². The summed E-state index contributed by atoms with van der Waals surface area (Å²) in [5, 5.41) is 14.4. The van der Waals surface area contributed by atoms with Crippen molar-refractivity contribution in [1.29, 1.82) is 5.26 Å². The number of hydrogen-bond donors (Lipinski definition) is 0. The third kappa shape index (κ3) is 4.06. The van der Waals surface area contributed by atoms with E-state index in [0.29, 0.717) is 23.7 Å². The van der Waals surface area contributed by atoms with Crippen LogP contribution in [0.5, 0.6) is 0 Å². The minimum absolute atomic E-state index is 0.0981. The molecule has 1 saturated carbocycles. The van der Waals surface area contributed by atoms with Crippen LogP contribution in [0.4, 0.5) is 5.69 Å². The second-order valence-electron chi connectivity index (χ2n) is 12.0. The predicted molar refractivity (Wildman–Crippen MR) is 160 cm³/mol. The molecule has 0 unspecified atom stereocenters. The fraction of sp³-hybridized carbons (Fsp3) is 0.438. The second kappa shape index (κ2) is 9.53. The zero-order valence-corrected chi connectivity index (χ0v) is 24.2. The standard InChI is InChI=1S/C32H34N6OS/c1-20-10-28(39)38(35-16-20)19-25-13-27-31(40-25)29(21(2)17-34-27)26-12-22(15-33)11-23-6-4-9-37(30(23)26)24-14-32(7-5-8-32)36(3)18-24/h10-13,16-17,24H,4-9,14,18-19H2,1-3H3/t24-/m0/s1. The summed E-state index contributed by atoms with van der Waals surface area (Å²) in [5.41, 5.74) is 8.79. The Morgan fingerprint density at radius 3 is 2.73 bits per heavy atom. The Balaban J connectivity index is 1.36. The van der Waals surface area contributed by atoms with E-state index >= 15 is 0 Å². The quantitative estimate of drug-likeness (QED) is 0.337. The fourth-order valence-corrected chi connectivity index (χ4v) is 8.47. The molecule has 1 atom stereocenters. The van der Waals surface area contributed by atoms with Gasteiger partial charge in [0.1, 0.15) is 0 Å². The number of nitrogens with zero attached hydrogens (tertiary/aromatic N) is 6. The fourth-order valence-electron chi connectivity index (χ4n) is 7.26. The molecule has 0 bridgehead atoms. The highest BCUT2D eigenvalue weighted by Crippen LogP contribution is 2.49. The average molecular weight is 551 g/mol. The summed E-state index contributed by atoms with van der Waals surface area (Å²) in [5.74, 6) is 0. The number of rotatable bonds is 4. The molecule has 7 rings (SSSR count). The lowest BCUT2D eigenvalue weighted by Crippen LogP contribution is -2.47. The Morgan fingerprint density at radius 1 is 1.15 bits per heavy atom. The maximum absolute atomic E-state index is 12.5. The van der Waals surface area contributed by atoms with Crippen LogP contribution in [0.25, 0.3) is 21.3 Å². The molecule has 2 fully saturated rings. The van der Waals surface area contributed by atoms with E-state index in [4.69, 9.17) is 4.98 Å². The minimum atomic E-state index is -0.0981. The number of nitriles is 1. The van der Waals surface area contributed by atoms with Gasteiger partial charge in [-0.15, -0.1) is 11.3 Å². The molecule has 3 aliphatic rings. The molecule has 0 radical (unpaired) electrons. The van der Waals surface area contributed by atoms with Crippen molar-refractivity contribution < 1.29 is 0 Å². The number of hydrogen-bond acceptors (Lipinski definition) is 7. The third-order valence-corrected chi connectivity index (χ3v) is 10.6. The van der Waals surface area contributed by atoms with Gasteiger partial charge in [0.25, 0.3) is 5.56 Å². The van der Waals surface area contributed by atoms with Crippen molar-refractivity contribution in [3.8, 4) is 17.2 Å². The van der Waals surface area contributed by atoms with E-state index in [9.17, 15) is 10.1 Å². The van der Waals surface area contributed by atoms with E-state index in [1.54, 1.807) is 23.6 Å². The number of thiophene rings is 1. The lowest BCUT2D eigenvalue weighted by Gasteiger charge is -2.44. The number of fused-ring (bicyclic) bond motifs is 2. The van der Waals surface area contributed by atoms with Crippen LogP contribution in [-0.2, 0) is 13.0 Å². The average Bonchev–Trinajstić information content (AvgIpc) is 3.50. The summed E-state index contributed by atoms with van der Waals surface area (Å²) < 4.78 is 2.62. The van der Waals surface area contributed by atoms with Crippen LogP contribution >= 0.6 is 11.3 Å². The molecule has 1 aliphatic carbocycles. The topological polar surface area (TPSA) is 78.1 Å². The monoisotopic (exact) mass is 550 g/mol. The molecule has 8 heteroatoms. The van der Waals surface area contributed by atoms with Crippen LogP contribution in [-0.4, -0.2) is 51.4 Å². The van der Waals surface area contributed by atoms with Crippen molar-refractivity contribution in [3.05, 3.63) is 74.1 Å². The van der Waals surface area contributed by atoms with E-state index in [0.717, 1.165) is 63.3 Å². The maximum atomic E-state index is 12.5. The van der Waals surface area contributed by atoms with Crippen LogP contribution in [0.3, 0.4) is 0 Å². The summed E-state index contributed by atoms with van der Waals surface area (Å²) in [6.45, 7) is 6.55. The van der Waals surface area contributed by atoms with Crippen molar-refractivity contribution in [1.82, 2.24) is 19.7 Å². The normalized spacial score (nSPS) is 20.1. The number of benzene rings is 1. The molecular formula is C32H34N6OS. The van der Waals surface area contributed by atoms with Gasteiger partial charge in [-0.2, -0.15) is 10.4 Å². The lowest BCUT2D eigenvalue weighted by atomic mass is 9.74. The van der Waals surface area contributed by atoms with Crippen LogP contribution in [0.15, 0.2) is 41.5 Å². The van der Waals surface area contributed by atoms with E-state index in [-0.39, 0.29) is 5.56 Å². The van der Waals surface area contributed by atoms with Gasteiger partial charge in [-0.05, 0) is 94.3 Å². The first kappa shape index (κ1) is 25.4. The lowest BCUT2D eigenvalue weighted by molar-refractivity contribution is 0.0801. The Hall–Kier alpha value is -3.54. The highest BCUT2D eigenvalue weighted by Gasteiger charge is 2.49. The number of likely N-dealkylation sites (N-methyl/N-ethyl adjacent to an activating group) is 1. The molecule has 40 heavy (non-hydrogen) atoms. The zero-order valence-electron chi connectivity index (χ0n) is 23.4. The second-order valence-corrected chi connectivity index (χ2v) is 13.2. The number of likely N-dealkylation sites (tertiary alicyclic amines) is 1. The molecule has 204 valence electrons. The minimum Gasteiger partial charge on any atom is -0.366 e. The van der Waals surface area contributed by atoms with Crippen molar-refractivity contribution in [2.24, 2.45) is 0 Å². The third-order valence-electron chi connectivity index (χ3n) is 9.45. The molecule has 5 heterocycles. The number of pyridine rings is 1. The molecule has 1 spiro atoms. The van der Waals surface area contributed by atoms with E-state index in [1.807, 2.05) is 13.1 Å². The van der Waals surface area contributed by atoms with Crippen LogP contribution in [0.1, 0.15) is 59.2 Å². The van der Waals surface area contributed by atoms with Crippen molar-refractivity contribution in [3.63, 3.8) is 0 Å². The van der Waals surface area contributed by atoms with Gasteiger partial charge in [-0.3, -0.25) is 14.7 Å². The molecule has 3 aromatic heterocycles. The van der Waals surface area contributed by atoms with E-state index in [1.165, 1.54) is 41.6 Å². The molecule has 7 nitrogen and oxygen atoms in total. The molecule has 2 aliphatic heterocycles. The van der Waals surface area contributed by atoms with Gasteiger partial charge in [0.05, 0.1) is 34.6 Å². The van der Waals surface area contributed by atoms with Gasteiger partial charge in [-0.1, -0.05) is 0 Å². The highest BCUT2D eigenvalue weighted by atomic mass is 32.1. The summed E-state index contributed by atoms with van der Waals surface area (Å²) in [6.07, 6.45) is 11.0. The van der Waals surface area contributed by atoms with Gasteiger partial charge < -0.3 is 4.90 Å². The summed E-state index contributed by atoms with van der Waals surface area (Å²) in [7, 11) is 2.31. The van der Waals surface area contributed by atoms with Gasteiger partial charge in [0.2, 0.25) is 0 Å². The zero-order chi connectivity index (χ0) is 27.6. The Kier molecular flexibility index (Phi) is 6.06. The first-order chi connectivity index (χ1) is 19.3. The predicted octanol–water partition coefficient (Wildman–Crippen LogP) is 5.44. The molecule has 0 amide bonds. The molecular weight excluding hydrogens is 516 g/mol. The van der Waals surface area contributed by atoms with E-state index < -0.39 is 0 Å². The van der Waals surface area contributed by atoms with Gasteiger partial charge >= 0.3 is 0 Å². The molecule has 1 aromatic carbocycles. The number of aryl methyl sites for hydroxylation is 3. The van der Waals surface area contributed by atoms with Crippen molar-refractivity contribution in [2.75, 3.05) is 25.0 Å². The van der Waals surface area contributed by atoms with Crippen molar-refractivity contribution in [2.45, 2.75) is 70.5 Å². The summed E-state index contributed by atoms with van der Waals surface area (Å²) in [4.78, 5) is 23.7. The number of aromatic nitrogens is 3. The Morgan fingerprint density at radius 2 is 2.00 bits per heavy atom. The largest absolute Gasteiger partial charge is 0.366 e. The van der Waals surface area contributed by atoms with Gasteiger partial charge in [0.15, 0.2) is 0 Å². The molecule has 4 aromatic rings. The Labute approximate surface area is 238 Å². The molecule has 1 saturated heterocycles. The smallest absolute Gasteiger partial charge is 0.267 e. The number of anilines is 1. The van der Waals surface area contributed by atoms with Crippen molar-refractivity contribution >= 4 is 27.2 Å². The first-order valence-electron chi connectivity index (χ1n) is 14.3. The Bertz CT molecular complexity index is 1740. The van der Waals surface area contributed by atoms with Gasteiger partial charge in [0, 0.05) is 58.6 Å². The maximum Gasteiger partial charge on any atom is 0.267 e. The molecule has 0 N–H and O–H groups in total.